The zero-order valence-corrected chi connectivity index (χ0v) is 14.0. The molecule has 1 aliphatic rings. The molecule has 1 aliphatic carbocycles. The Morgan fingerprint density at radius 3 is 2.33 bits per heavy atom. The highest BCUT2D eigenvalue weighted by Crippen LogP contribution is 2.37. The second-order valence-electron chi connectivity index (χ2n) is 6.00. The van der Waals surface area contributed by atoms with Crippen LogP contribution < -0.4 is 4.90 Å². The highest BCUT2D eigenvalue weighted by Gasteiger charge is 2.34. The van der Waals surface area contributed by atoms with Crippen molar-refractivity contribution in [3.8, 4) is 0 Å². The molecule has 0 aromatic heterocycles. The molecule has 1 aromatic carbocycles. The van der Waals surface area contributed by atoms with Crippen LogP contribution in [0.4, 0.5) is 18.9 Å². The molecule has 1 fully saturated rings. The number of benzene rings is 1. The molecule has 1 aromatic rings. The van der Waals surface area contributed by atoms with Crippen LogP contribution in [0.25, 0.3) is 0 Å². The Morgan fingerprint density at radius 2 is 1.81 bits per heavy atom. The monoisotopic (exact) mass is 363 g/mol. The molecule has 2 rings (SSSR count). The molecule has 0 bridgehead atoms. The van der Waals surface area contributed by atoms with E-state index in [2.05, 4.69) is 22.9 Å². The van der Waals surface area contributed by atoms with Crippen LogP contribution in [0.5, 0.6) is 0 Å². The first-order valence-electron chi connectivity index (χ1n) is 7.32. The smallest absolute Gasteiger partial charge is 0.372 e. The number of hydrogen-bond acceptors (Lipinski definition) is 1. The molecule has 0 radical (unpaired) electrons. The SMILES string of the molecule is CC1CCC(N(C)c2ccc(CBr)c(C(F)(F)F)c2)CC1. The summed E-state index contributed by atoms with van der Waals surface area (Å²) in [6.07, 6.45) is 0.112. The molecular weight excluding hydrogens is 343 g/mol. The number of anilines is 1. The van der Waals surface area contributed by atoms with Crippen molar-refractivity contribution in [1.29, 1.82) is 0 Å². The van der Waals surface area contributed by atoms with Crippen LogP contribution >= 0.6 is 15.9 Å². The van der Waals surface area contributed by atoms with Crippen LogP contribution in [-0.2, 0) is 11.5 Å². The first kappa shape index (κ1) is 16.7. The summed E-state index contributed by atoms with van der Waals surface area (Å²) in [5, 5.41) is 0.215. The van der Waals surface area contributed by atoms with Crippen LogP contribution in [0.15, 0.2) is 18.2 Å². The maximum absolute atomic E-state index is 13.1. The summed E-state index contributed by atoms with van der Waals surface area (Å²) in [4.78, 5) is 2.01. The number of alkyl halides is 4. The van der Waals surface area contributed by atoms with Gasteiger partial charge in [-0.3, -0.25) is 0 Å². The Morgan fingerprint density at radius 1 is 1.19 bits per heavy atom. The van der Waals surface area contributed by atoms with Crippen molar-refractivity contribution in [3.63, 3.8) is 0 Å². The van der Waals surface area contributed by atoms with Crippen LogP contribution in [0.2, 0.25) is 0 Å². The van der Waals surface area contributed by atoms with Gasteiger partial charge in [0.05, 0.1) is 5.56 Å². The van der Waals surface area contributed by atoms with Crippen LogP contribution in [-0.4, -0.2) is 13.1 Å². The van der Waals surface area contributed by atoms with Crippen LogP contribution in [0.3, 0.4) is 0 Å². The lowest BCUT2D eigenvalue weighted by Crippen LogP contribution is -2.35. The second kappa shape index (κ2) is 6.59. The summed E-state index contributed by atoms with van der Waals surface area (Å²) in [5.74, 6) is 0.733. The number of hydrogen-bond donors (Lipinski definition) is 0. The molecule has 118 valence electrons. The van der Waals surface area contributed by atoms with Gasteiger partial charge in [-0.25, -0.2) is 0 Å². The van der Waals surface area contributed by atoms with Crippen molar-refractivity contribution >= 4 is 21.6 Å². The largest absolute Gasteiger partial charge is 0.416 e. The Kier molecular flexibility index (Phi) is 5.23. The fourth-order valence-electron chi connectivity index (χ4n) is 3.00. The van der Waals surface area contributed by atoms with Crippen LogP contribution in [0.1, 0.15) is 43.7 Å². The third kappa shape index (κ3) is 3.93. The summed E-state index contributed by atoms with van der Waals surface area (Å²) in [6.45, 7) is 2.24. The normalized spacial score (nSPS) is 23.1. The van der Waals surface area contributed by atoms with Gasteiger partial charge >= 0.3 is 6.18 Å². The van der Waals surface area contributed by atoms with E-state index < -0.39 is 11.7 Å². The molecule has 5 heteroatoms. The van der Waals surface area contributed by atoms with Gasteiger partial charge in [0.2, 0.25) is 0 Å². The third-order valence-corrected chi connectivity index (χ3v) is 5.09. The maximum Gasteiger partial charge on any atom is 0.416 e. The van der Waals surface area contributed by atoms with Crippen molar-refractivity contribution in [1.82, 2.24) is 0 Å². The van der Waals surface area contributed by atoms with E-state index in [9.17, 15) is 13.2 Å². The minimum atomic E-state index is -4.30. The lowest BCUT2D eigenvalue weighted by molar-refractivity contribution is -0.138. The van der Waals surface area contributed by atoms with Gasteiger partial charge in [-0.15, -0.1) is 0 Å². The molecule has 21 heavy (non-hydrogen) atoms. The topological polar surface area (TPSA) is 3.24 Å². The molecule has 0 spiro atoms. The highest BCUT2D eigenvalue weighted by molar-refractivity contribution is 9.08. The van der Waals surface area contributed by atoms with E-state index in [-0.39, 0.29) is 10.9 Å². The molecule has 1 nitrogen and oxygen atoms in total. The summed E-state index contributed by atoms with van der Waals surface area (Å²) in [7, 11) is 1.91. The molecule has 0 amide bonds. The summed E-state index contributed by atoms with van der Waals surface area (Å²) < 4.78 is 39.4. The minimum absolute atomic E-state index is 0.215. The maximum atomic E-state index is 13.1. The molecule has 0 aliphatic heterocycles. The van der Waals surface area contributed by atoms with Crippen molar-refractivity contribution in [2.75, 3.05) is 11.9 Å². The number of rotatable bonds is 3. The lowest BCUT2D eigenvalue weighted by atomic mass is 9.86. The van der Waals surface area contributed by atoms with Crippen molar-refractivity contribution in [3.05, 3.63) is 29.3 Å². The second-order valence-corrected chi connectivity index (χ2v) is 6.56. The van der Waals surface area contributed by atoms with Gasteiger partial charge in [-0.1, -0.05) is 28.9 Å². The summed E-state index contributed by atoms with van der Waals surface area (Å²) in [6, 6.07) is 5.00. The number of nitrogens with zero attached hydrogens (tertiary/aromatic N) is 1. The molecule has 0 saturated heterocycles. The van der Waals surface area contributed by atoms with Gasteiger partial charge < -0.3 is 4.90 Å². The van der Waals surface area contributed by atoms with Gasteiger partial charge in [0.1, 0.15) is 0 Å². The molecular formula is C16H21BrF3N. The first-order chi connectivity index (χ1) is 9.82. The Balaban J connectivity index is 2.23. The average Bonchev–Trinajstić information content (AvgIpc) is 2.45. The van der Waals surface area contributed by atoms with Gasteiger partial charge in [0, 0.05) is 24.1 Å². The lowest BCUT2D eigenvalue weighted by Gasteiger charge is -2.35. The van der Waals surface area contributed by atoms with E-state index in [0.717, 1.165) is 31.6 Å². The van der Waals surface area contributed by atoms with E-state index in [0.29, 0.717) is 11.7 Å². The zero-order valence-electron chi connectivity index (χ0n) is 12.4. The van der Waals surface area contributed by atoms with Gasteiger partial charge in [0.25, 0.3) is 0 Å². The average molecular weight is 364 g/mol. The zero-order chi connectivity index (χ0) is 15.6. The predicted octanol–water partition coefficient (Wildman–Crippen LogP) is 5.62. The standard InChI is InChI=1S/C16H21BrF3N/c1-11-3-6-13(7-4-11)21(2)14-8-5-12(10-17)15(9-14)16(18,19)20/h5,8-9,11,13H,3-4,6-7,10H2,1-2H3. The van der Waals surface area contributed by atoms with Crippen molar-refractivity contribution in [2.45, 2.75) is 50.2 Å². The Bertz CT molecular complexity index is 479. The quantitative estimate of drug-likeness (QED) is 0.630. The molecule has 1 saturated carbocycles. The minimum Gasteiger partial charge on any atom is -0.372 e. The fraction of sp³-hybridized carbons (Fsp3) is 0.625. The van der Waals surface area contributed by atoms with Gasteiger partial charge in [-0.05, 0) is 49.3 Å². The van der Waals surface area contributed by atoms with E-state index in [1.54, 1.807) is 12.1 Å². The molecule has 0 unspecified atom stereocenters. The highest BCUT2D eigenvalue weighted by atomic mass is 79.9. The van der Waals surface area contributed by atoms with Gasteiger partial charge in [0.15, 0.2) is 0 Å². The van der Waals surface area contributed by atoms with E-state index in [4.69, 9.17) is 0 Å². The van der Waals surface area contributed by atoms with E-state index in [1.165, 1.54) is 6.07 Å². The van der Waals surface area contributed by atoms with E-state index in [1.807, 2.05) is 11.9 Å². The van der Waals surface area contributed by atoms with Crippen molar-refractivity contribution < 1.29 is 13.2 Å². The van der Waals surface area contributed by atoms with Gasteiger partial charge in [-0.2, -0.15) is 13.2 Å². The first-order valence-corrected chi connectivity index (χ1v) is 8.44. The molecule has 0 heterocycles. The Hall–Kier alpha value is -0.710. The summed E-state index contributed by atoms with van der Waals surface area (Å²) >= 11 is 3.13. The van der Waals surface area contributed by atoms with E-state index >= 15 is 0 Å². The summed E-state index contributed by atoms with van der Waals surface area (Å²) in [5.41, 5.74) is 0.413. The van der Waals surface area contributed by atoms with Crippen molar-refractivity contribution in [2.24, 2.45) is 5.92 Å². The predicted molar refractivity (Wildman–Crippen MR) is 83.9 cm³/mol. The number of halogens is 4. The third-order valence-electron chi connectivity index (χ3n) is 4.48. The van der Waals surface area contributed by atoms with Crippen LogP contribution in [0, 0.1) is 5.92 Å². The molecule has 0 atom stereocenters. The fourth-order valence-corrected chi connectivity index (χ4v) is 3.49. The Labute approximate surface area is 132 Å². The molecule has 0 N–H and O–H groups in total.